The van der Waals surface area contributed by atoms with Crippen molar-refractivity contribution in [2.75, 3.05) is 13.7 Å². The van der Waals surface area contributed by atoms with E-state index in [9.17, 15) is 0 Å². The molecule has 3 rings (SSSR count). The summed E-state index contributed by atoms with van der Waals surface area (Å²) in [7, 11) is 1.61. The van der Waals surface area contributed by atoms with Gasteiger partial charge in [0.1, 0.15) is 0 Å². The highest BCUT2D eigenvalue weighted by molar-refractivity contribution is 7.08. The Kier molecular flexibility index (Phi) is 6.81. The summed E-state index contributed by atoms with van der Waals surface area (Å²) in [4.78, 5) is 9.51. The summed E-state index contributed by atoms with van der Waals surface area (Å²) in [6.07, 6.45) is 3.68. The number of aromatic nitrogens is 2. The number of hydrogen-bond donors (Lipinski definition) is 0. The van der Waals surface area contributed by atoms with Gasteiger partial charge < -0.3 is 18.8 Å². The van der Waals surface area contributed by atoms with E-state index >= 15 is 0 Å². The largest absolute Gasteiger partial charge is 0.493 e. The van der Waals surface area contributed by atoms with E-state index < -0.39 is 0 Å². The third kappa shape index (κ3) is 5.30. The maximum absolute atomic E-state index is 5.71. The summed E-state index contributed by atoms with van der Waals surface area (Å²) >= 11 is 1.58. The molecule has 2 aromatic heterocycles. The van der Waals surface area contributed by atoms with Crippen molar-refractivity contribution in [2.45, 2.75) is 26.4 Å². The summed E-state index contributed by atoms with van der Waals surface area (Å²) in [5.74, 6) is 2.29. The molecule has 0 aliphatic rings. The molecule has 7 nitrogen and oxygen atoms in total. The molecule has 2 heterocycles. The summed E-state index contributed by atoms with van der Waals surface area (Å²) < 4.78 is 16.2. The van der Waals surface area contributed by atoms with Crippen molar-refractivity contribution >= 4 is 17.6 Å². The van der Waals surface area contributed by atoms with Gasteiger partial charge in [-0.1, -0.05) is 23.7 Å². The highest BCUT2D eigenvalue weighted by Crippen LogP contribution is 2.27. The molecule has 0 spiro atoms. The Labute approximate surface area is 161 Å². The molecule has 1 aromatic carbocycles. The van der Waals surface area contributed by atoms with Gasteiger partial charge in [0.2, 0.25) is 5.82 Å². The number of hydrogen-bond acceptors (Lipinski definition) is 8. The van der Waals surface area contributed by atoms with Crippen molar-refractivity contribution in [3.8, 4) is 22.9 Å². The Morgan fingerprint density at radius 2 is 2.19 bits per heavy atom. The average Bonchev–Trinajstić information content (AvgIpc) is 3.38. The van der Waals surface area contributed by atoms with Gasteiger partial charge in [-0.2, -0.15) is 16.3 Å². The average molecular weight is 387 g/mol. The van der Waals surface area contributed by atoms with Crippen LogP contribution in [0.4, 0.5) is 0 Å². The second-order valence-corrected chi connectivity index (χ2v) is 6.42. The standard InChI is InChI=1S/C19H21N3O4S/c1-3-4-8-24-16-6-5-14(10-17(16)23-2)11-20-25-12-18-21-19(22-26-18)15-7-9-27-13-15/h5-7,9-11,13H,3-4,8,12H2,1-2H3/b20-11-. The Hall–Kier alpha value is -2.87. The molecule has 27 heavy (non-hydrogen) atoms. The normalized spacial score (nSPS) is 11.0. The number of methoxy groups -OCH3 is 1. The molecule has 0 bridgehead atoms. The SMILES string of the molecule is CCCCOc1ccc(/C=N\OCc2nc(-c3ccsc3)no2)cc1OC. The van der Waals surface area contributed by atoms with Crippen molar-refractivity contribution in [1.29, 1.82) is 0 Å². The predicted octanol–water partition coefficient (Wildman–Crippen LogP) is 4.54. The van der Waals surface area contributed by atoms with Crippen molar-refractivity contribution in [3.63, 3.8) is 0 Å². The van der Waals surface area contributed by atoms with Crippen LogP contribution in [-0.2, 0) is 11.4 Å². The van der Waals surface area contributed by atoms with Crippen LogP contribution in [0, 0.1) is 0 Å². The fraction of sp³-hybridized carbons (Fsp3) is 0.316. The topological polar surface area (TPSA) is 79.0 Å². The lowest BCUT2D eigenvalue weighted by atomic mass is 10.2. The molecule has 142 valence electrons. The molecule has 0 fully saturated rings. The van der Waals surface area contributed by atoms with Gasteiger partial charge in [-0.15, -0.1) is 0 Å². The zero-order valence-electron chi connectivity index (χ0n) is 15.3. The smallest absolute Gasteiger partial charge is 0.267 e. The van der Waals surface area contributed by atoms with Gasteiger partial charge >= 0.3 is 0 Å². The molecule has 0 N–H and O–H groups in total. The van der Waals surface area contributed by atoms with Gasteiger partial charge in [-0.05, 0) is 36.1 Å². The van der Waals surface area contributed by atoms with E-state index in [4.69, 9.17) is 18.8 Å². The Bertz CT molecular complexity index is 862. The summed E-state index contributed by atoms with van der Waals surface area (Å²) in [5, 5.41) is 11.8. The molecular weight excluding hydrogens is 366 g/mol. The van der Waals surface area contributed by atoms with Crippen molar-refractivity contribution in [1.82, 2.24) is 10.1 Å². The summed E-state index contributed by atoms with van der Waals surface area (Å²) in [6.45, 7) is 2.89. The lowest BCUT2D eigenvalue weighted by Crippen LogP contribution is -1.99. The first-order valence-electron chi connectivity index (χ1n) is 8.61. The van der Waals surface area contributed by atoms with E-state index in [1.807, 2.05) is 35.0 Å². The van der Waals surface area contributed by atoms with Gasteiger partial charge in [0.25, 0.3) is 5.89 Å². The molecule has 0 amide bonds. The molecule has 0 aliphatic carbocycles. The van der Waals surface area contributed by atoms with E-state index in [-0.39, 0.29) is 6.61 Å². The Balaban J connectivity index is 1.53. The Morgan fingerprint density at radius 1 is 1.26 bits per heavy atom. The molecular formula is C19H21N3O4S. The van der Waals surface area contributed by atoms with E-state index in [0.717, 1.165) is 29.7 Å². The van der Waals surface area contributed by atoms with Gasteiger partial charge in [0.15, 0.2) is 18.1 Å². The molecule has 8 heteroatoms. The zero-order valence-corrected chi connectivity index (χ0v) is 16.1. The molecule has 0 unspecified atom stereocenters. The predicted molar refractivity (Wildman–Crippen MR) is 103 cm³/mol. The lowest BCUT2D eigenvalue weighted by Gasteiger charge is -2.10. The van der Waals surface area contributed by atoms with Gasteiger partial charge in [0.05, 0.1) is 19.9 Å². The molecule has 0 radical (unpaired) electrons. The minimum atomic E-state index is 0.100. The fourth-order valence-corrected chi connectivity index (χ4v) is 2.86. The van der Waals surface area contributed by atoms with Crippen LogP contribution in [0.5, 0.6) is 11.5 Å². The highest BCUT2D eigenvalue weighted by atomic mass is 32.1. The van der Waals surface area contributed by atoms with Crippen molar-refractivity contribution in [2.24, 2.45) is 5.16 Å². The minimum Gasteiger partial charge on any atom is -0.493 e. The molecule has 3 aromatic rings. The number of oxime groups is 1. The number of unbranched alkanes of at least 4 members (excludes halogenated alkanes) is 1. The van der Waals surface area contributed by atoms with Crippen LogP contribution in [0.3, 0.4) is 0 Å². The minimum absolute atomic E-state index is 0.100. The van der Waals surface area contributed by atoms with Gasteiger partial charge in [0, 0.05) is 16.5 Å². The van der Waals surface area contributed by atoms with Gasteiger partial charge in [-0.25, -0.2) is 0 Å². The number of rotatable bonds is 10. The molecule has 0 saturated heterocycles. The van der Waals surface area contributed by atoms with Crippen LogP contribution < -0.4 is 9.47 Å². The van der Waals surface area contributed by atoms with Crippen LogP contribution in [0.2, 0.25) is 0 Å². The quantitative estimate of drug-likeness (QED) is 0.289. The first kappa shape index (κ1) is 18.9. The second-order valence-electron chi connectivity index (χ2n) is 5.64. The van der Waals surface area contributed by atoms with Crippen LogP contribution in [0.25, 0.3) is 11.4 Å². The molecule has 0 aliphatic heterocycles. The highest BCUT2D eigenvalue weighted by Gasteiger charge is 2.09. The first-order valence-corrected chi connectivity index (χ1v) is 9.55. The number of benzene rings is 1. The first-order chi connectivity index (χ1) is 13.3. The van der Waals surface area contributed by atoms with E-state index in [2.05, 4.69) is 22.2 Å². The van der Waals surface area contributed by atoms with Crippen LogP contribution in [0.15, 0.2) is 44.7 Å². The number of ether oxygens (including phenoxy) is 2. The van der Waals surface area contributed by atoms with Crippen molar-refractivity contribution in [3.05, 3.63) is 46.5 Å². The monoisotopic (exact) mass is 387 g/mol. The summed E-state index contributed by atoms with van der Waals surface area (Å²) in [6, 6.07) is 7.52. The van der Waals surface area contributed by atoms with Crippen LogP contribution in [0.1, 0.15) is 31.2 Å². The second kappa shape index (κ2) is 9.72. The number of thiophene rings is 1. The van der Waals surface area contributed by atoms with Crippen LogP contribution >= 0.6 is 11.3 Å². The molecule has 0 saturated carbocycles. The maximum atomic E-state index is 5.71. The Morgan fingerprint density at radius 3 is 2.96 bits per heavy atom. The third-order valence-electron chi connectivity index (χ3n) is 3.65. The van der Waals surface area contributed by atoms with Crippen LogP contribution in [-0.4, -0.2) is 30.1 Å². The van der Waals surface area contributed by atoms with Crippen molar-refractivity contribution < 1.29 is 18.8 Å². The summed E-state index contributed by atoms with van der Waals surface area (Å²) in [5.41, 5.74) is 1.76. The lowest BCUT2D eigenvalue weighted by molar-refractivity contribution is 0.107. The maximum Gasteiger partial charge on any atom is 0.267 e. The van der Waals surface area contributed by atoms with Gasteiger partial charge in [-0.3, -0.25) is 0 Å². The zero-order chi connectivity index (χ0) is 18.9. The number of nitrogens with zero attached hydrogens (tertiary/aromatic N) is 3. The van der Waals surface area contributed by atoms with E-state index in [1.165, 1.54) is 0 Å². The van der Waals surface area contributed by atoms with E-state index in [0.29, 0.717) is 24.1 Å². The third-order valence-corrected chi connectivity index (χ3v) is 4.34. The fourth-order valence-electron chi connectivity index (χ4n) is 2.22. The molecule has 0 atom stereocenters. The van der Waals surface area contributed by atoms with E-state index in [1.54, 1.807) is 24.7 Å².